The van der Waals surface area contributed by atoms with Gasteiger partial charge in [0.2, 0.25) is 5.95 Å². The maximum Gasteiger partial charge on any atom is 0.344 e. The van der Waals surface area contributed by atoms with Gasteiger partial charge in [-0.25, -0.2) is 19.9 Å². The summed E-state index contributed by atoms with van der Waals surface area (Å²) < 4.78 is 1.57. The average molecular weight is 266 g/mol. The second kappa shape index (κ2) is 4.81. The molecular weight excluding hydrogens is 252 g/mol. The van der Waals surface area contributed by atoms with E-state index in [1.54, 1.807) is 10.8 Å². The Bertz CT molecular complexity index is 617. The molecule has 18 heavy (non-hydrogen) atoms. The van der Waals surface area contributed by atoms with E-state index in [0.717, 1.165) is 5.56 Å². The van der Waals surface area contributed by atoms with Gasteiger partial charge in [0.05, 0.1) is 0 Å². The minimum atomic E-state index is -0.229. The molecule has 0 amide bonds. The van der Waals surface area contributed by atoms with Gasteiger partial charge in [0.1, 0.15) is 5.03 Å². The Labute approximate surface area is 108 Å². The Morgan fingerprint density at radius 2 is 2.22 bits per heavy atom. The molecule has 2 rings (SSSR count). The largest absolute Gasteiger partial charge is 0.368 e. The summed E-state index contributed by atoms with van der Waals surface area (Å²) in [7, 11) is 0. The van der Waals surface area contributed by atoms with E-state index in [1.807, 2.05) is 20.8 Å². The zero-order valence-electron chi connectivity index (χ0n) is 10.3. The summed E-state index contributed by atoms with van der Waals surface area (Å²) in [6.07, 6.45) is 1.65. The highest BCUT2D eigenvalue weighted by Gasteiger charge is 2.14. The molecule has 0 aliphatic carbocycles. The van der Waals surface area contributed by atoms with Crippen molar-refractivity contribution in [2.75, 3.05) is 5.73 Å². The van der Waals surface area contributed by atoms with E-state index in [4.69, 9.17) is 5.73 Å². The number of aromatic nitrogens is 5. The lowest BCUT2D eigenvalue weighted by Crippen LogP contribution is -2.19. The molecular formula is C10H14N6OS. The molecule has 0 aliphatic rings. The van der Waals surface area contributed by atoms with Gasteiger partial charge in [0.15, 0.2) is 5.16 Å². The first kappa shape index (κ1) is 12.6. The standard InChI is InChI=1S/C10H14N6OS/c1-5(2)16-9(17)14-15-10(16)18-7-6(3)4-12-8(11)13-7/h4-5H,1-3H3,(H,14,17)(H2,11,12,13). The lowest BCUT2D eigenvalue weighted by molar-refractivity contribution is 0.534. The highest BCUT2D eigenvalue weighted by atomic mass is 32.2. The predicted octanol–water partition coefficient (Wildman–Crippen LogP) is 0.984. The van der Waals surface area contributed by atoms with Gasteiger partial charge >= 0.3 is 5.69 Å². The van der Waals surface area contributed by atoms with Crippen LogP contribution in [0.5, 0.6) is 0 Å². The third-order valence-electron chi connectivity index (χ3n) is 2.32. The minimum absolute atomic E-state index is 0.0261. The summed E-state index contributed by atoms with van der Waals surface area (Å²) in [4.78, 5) is 19.6. The number of nitrogens with zero attached hydrogens (tertiary/aromatic N) is 4. The lowest BCUT2D eigenvalue weighted by Gasteiger charge is -2.09. The van der Waals surface area contributed by atoms with Crippen LogP contribution in [0.1, 0.15) is 25.5 Å². The van der Waals surface area contributed by atoms with E-state index in [-0.39, 0.29) is 17.7 Å². The molecule has 2 aromatic heterocycles. The summed E-state index contributed by atoms with van der Waals surface area (Å²) in [5, 5.41) is 7.69. The van der Waals surface area contributed by atoms with E-state index < -0.39 is 0 Å². The van der Waals surface area contributed by atoms with Crippen molar-refractivity contribution in [3.63, 3.8) is 0 Å². The van der Waals surface area contributed by atoms with Gasteiger partial charge in [0.25, 0.3) is 0 Å². The van der Waals surface area contributed by atoms with Crippen molar-refractivity contribution in [3.05, 3.63) is 22.2 Å². The quantitative estimate of drug-likeness (QED) is 0.803. The van der Waals surface area contributed by atoms with Crippen LogP contribution in [0.3, 0.4) is 0 Å². The molecule has 2 aromatic rings. The van der Waals surface area contributed by atoms with Crippen LogP contribution in [0.2, 0.25) is 0 Å². The number of anilines is 1. The molecule has 0 radical (unpaired) electrons. The number of H-pyrrole nitrogens is 1. The number of nitrogen functional groups attached to an aromatic ring is 1. The maximum absolute atomic E-state index is 11.6. The smallest absolute Gasteiger partial charge is 0.344 e. The summed E-state index contributed by atoms with van der Waals surface area (Å²) >= 11 is 1.29. The molecule has 0 atom stereocenters. The number of nitrogens with one attached hydrogen (secondary N) is 1. The Hall–Kier alpha value is -1.83. The highest BCUT2D eigenvalue weighted by molar-refractivity contribution is 7.99. The van der Waals surface area contributed by atoms with Crippen molar-refractivity contribution < 1.29 is 0 Å². The molecule has 0 spiro atoms. The number of hydrogen-bond acceptors (Lipinski definition) is 6. The molecule has 0 bridgehead atoms. The van der Waals surface area contributed by atoms with Gasteiger partial charge in [-0.3, -0.25) is 4.57 Å². The van der Waals surface area contributed by atoms with Crippen molar-refractivity contribution in [1.82, 2.24) is 24.7 Å². The maximum atomic E-state index is 11.6. The van der Waals surface area contributed by atoms with Crippen LogP contribution in [-0.4, -0.2) is 24.7 Å². The van der Waals surface area contributed by atoms with Gasteiger partial charge < -0.3 is 5.73 Å². The number of hydrogen-bond donors (Lipinski definition) is 2. The molecule has 96 valence electrons. The van der Waals surface area contributed by atoms with Crippen LogP contribution in [0, 0.1) is 6.92 Å². The Balaban J connectivity index is 2.40. The average Bonchev–Trinajstić information content (AvgIpc) is 2.65. The van der Waals surface area contributed by atoms with Crippen molar-refractivity contribution in [3.8, 4) is 0 Å². The fraction of sp³-hybridized carbons (Fsp3) is 0.400. The molecule has 3 N–H and O–H groups in total. The zero-order valence-corrected chi connectivity index (χ0v) is 11.2. The summed E-state index contributed by atoms with van der Waals surface area (Å²) in [6.45, 7) is 5.72. The molecule has 7 nitrogen and oxygen atoms in total. The van der Waals surface area contributed by atoms with Gasteiger partial charge in [-0.1, -0.05) is 0 Å². The third-order valence-corrected chi connectivity index (χ3v) is 3.40. The van der Waals surface area contributed by atoms with Gasteiger partial charge in [-0.15, -0.1) is 5.10 Å². The molecule has 0 aromatic carbocycles. The van der Waals surface area contributed by atoms with E-state index in [2.05, 4.69) is 20.2 Å². The second-order valence-electron chi connectivity index (χ2n) is 4.09. The van der Waals surface area contributed by atoms with Gasteiger partial charge in [0, 0.05) is 17.8 Å². The van der Waals surface area contributed by atoms with Crippen molar-refractivity contribution in [2.45, 2.75) is 37.0 Å². The number of aromatic amines is 1. The predicted molar refractivity (Wildman–Crippen MR) is 68.5 cm³/mol. The van der Waals surface area contributed by atoms with Crippen LogP contribution in [0.15, 0.2) is 21.2 Å². The molecule has 0 fully saturated rings. The van der Waals surface area contributed by atoms with Crippen molar-refractivity contribution >= 4 is 17.7 Å². The van der Waals surface area contributed by atoms with Crippen LogP contribution in [-0.2, 0) is 0 Å². The molecule has 2 heterocycles. The normalized spacial score (nSPS) is 11.1. The van der Waals surface area contributed by atoms with Crippen LogP contribution in [0.4, 0.5) is 5.95 Å². The fourth-order valence-corrected chi connectivity index (χ4v) is 2.46. The molecule has 8 heteroatoms. The van der Waals surface area contributed by atoms with E-state index in [9.17, 15) is 4.79 Å². The number of rotatable bonds is 3. The first-order valence-corrected chi connectivity index (χ1v) is 6.24. The minimum Gasteiger partial charge on any atom is -0.368 e. The topological polar surface area (TPSA) is 102 Å². The van der Waals surface area contributed by atoms with E-state index >= 15 is 0 Å². The van der Waals surface area contributed by atoms with Crippen LogP contribution < -0.4 is 11.4 Å². The summed E-state index contributed by atoms with van der Waals surface area (Å²) in [5.41, 5.74) is 6.21. The first-order chi connectivity index (χ1) is 8.49. The number of nitrogens with two attached hydrogens (primary N) is 1. The Morgan fingerprint density at radius 1 is 1.50 bits per heavy atom. The highest BCUT2D eigenvalue weighted by Crippen LogP contribution is 2.27. The summed E-state index contributed by atoms with van der Waals surface area (Å²) in [6, 6.07) is 0.0261. The summed E-state index contributed by atoms with van der Waals surface area (Å²) in [5.74, 6) is 0.206. The fourth-order valence-electron chi connectivity index (χ4n) is 1.45. The first-order valence-electron chi connectivity index (χ1n) is 5.43. The van der Waals surface area contributed by atoms with Gasteiger partial charge in [-0.05, 0) is 32.5 Å². The molecule has 0 unspecified atom stereocenters. The third kappa shape index (κ3) is 2.37. The van der Waals surface area contributed by atoms with Crippen LogP contribution >= 0.6 is 11.8 Å². The lowest BCUT2D eigenvalue weighted by atomic mass is 10.4. The zero-order chi connectivity index (χ0) is 13.3. The monoisotopic (exact) mass is 266 g/mol. The van der Waals surface area contributed by atoms with Gasteiger partial charge in [-0.2, -0.15) is 0 Å². The van der Waals surface area contributed by atoms with E-state index in [0.29, 0.717) is 10.2 Å². The Morgan fingerprint density at radius 3 is 2.89 bits per heavy atom. The Kier molecular flexibility index (Phi) is 3.37. The van der Waals surface area contributed by atoms with Crippen LogP contribution in [0.25, 0.3) is 0 Å². The molecule has 0 saturated carbocycles. The number of aryl methyl sites for hydroxylation is 1. The second-order valence-corrected chi connectivity index (χ2v) is 5.05. The van der Waals surface area contributed by atoms with Crippen molar-refractivity contribution in [1.29, 1.82) is 0 Å². The van der Waals surface area contributed by atoms with Crippen molar-refractivity contribution in [2.24, 2.45) is 0 Å². The van der Waals surface area contributed by atoms with E-state index in [1.165, 1.54) is 11.8 Å². The molecule has 0 aliphatic heterocycles. The SMILES string of the molecule is Cc1cnc(N)nc1Sc1n[nH]c(=O)n1C(C)C. The molecule has 0 saturated heterocycles.